The molecule has 0 bridgehead atoms. The van der Waals surface area contributed by atoms with E-state index in [9.17, 15) is 19.1 Å². The van der Waals surface area contributed by atoms with Gasteiger partial charge in [-0.3, -0.25) is 4.79 Å². The Morgan fingerprint density at radius 1 is 1.33 bits per heavy atom. The largest absolute Gasteiger partial charge is 0.478 e. The van der Waals surface area contributed by atoms with Crippen molar-refractivity contribution in [1.29, 1.82) is 0 Å². The molecule has 0 aliphatic carbocycles. The lowest BCUT2D eigenvalue weighted by Gasteiger charge is -2.06. The van der Waals surface area contributed by atoms with Crippen LogP contribution in [-0.4, -0.2) is 17.0 Å². The highest BCUT2D eigenvalue weighted by molar-refractivity contribution is 9.10. The molecule has 1 amide bonds. The predicted octanol–water partition coefficient (Wildman–Crippen LogP) is 4.22. The highest BCUT2D eigenvalue weighted by Gasteiger charge is 2.21. The number of rotatable bonds is 3. The zero-order valence-electron chi connectivity index (χ0n) is 11.2. The van der Waals surface area contributed by atoms with Gasteiger partial charge in [-0.05, 0) is 53.5 Å². The molecule has 0 saturated heterocycles. The van der Waals surface area contributed by atoms with Gasteiger partial charge in [0.1, 0.15) is 10.8 Å². The van der Waals surface area contributed by atoms with Crippen LogP contribution in [0.3, 0.4) is 0 Å². The number of anilines is 1. The number of halogens is 2. The first-order valence-electron chi connectivity index (χ1n) is 5.91. The van der Waals surface area contributed by atoms with E-state index in [1.165, 1.54) is 29.5 Å². The van der Waals surface area contributed by atoms with Crippen LogP contribution >= 0.6 is 27.3 Å². The van der Waals surface area contributed by atoms with Crippen molar-refractivity contribution in [2.24, 2.45) is 0 Å². The van der Waals surface area contributed by atoms with Crippen LogP contribution < -0.4 is 5.32 Å². The van der Waals surface area contributed by atoms with Crippen molar-refractivity contribution in [2.75, 3.05) is 5.32 Å². The van der Waals surface area contributed by atoms with E-state index in [1.807, 2.05) is 0 Å². The summed E-state index contributed by atoms with van der Waals surface area (Å²) < 4.78 is 13.3. The molecule has 4 nitrogen and oxygen atoms in total. The number of carboxylic acid groups (broad SMARTS) is 1. The first-order valence-corrected chi connectivity index (χ1v) is 7.52. The summed E-state index contributed by atoms with van der Waals surface area (Å²) in [5, 5.41) is 12.1. The third-order valence-electron chi connectivity index (χ3n) is 3.00. The van der Waals surface area contributed by atoms with E-state index < -0.39 is 17.7 Å². The number of thiophene rings is 1. The van der Waals surface area contributed by atoms with Crippen LogP contribution in [0.5, 0.6) is 0 Å². The lowest BCUT2D eigenvalue weighted by Crippen LogP contribution is -2.14. The fourth-order valence-corrected chi connectivity index (χ4v) is 3.40. The average molecular weight is 372 g/mol. The van der Waals surface area contributed by atoms with Gasteiger partial charge in [0.15, 0.2) is 0 Å². The minimum atomic E-state index is -1.09. The van der Waals surface area contributed by atoms with Crippen LogP contribution in [0.25, 0.3) is 0 Å². The second-order valence-electron chi connectivity index (χ2n) is 4.37. The summed E-state index contributed by atoms with van der Waals surface area (Å²) in [7, 11) is 0. The number of carboxylic acids is 1. The standard InChI is InChI=1S/C14H11BrFNO3S/c1-6-7(2)21-13(11(6)14(19)20)17-12(18)9-4-3-8(16)5-10(9)15/h3-5H,1-2H3,(H,17,18)(H,19,20). The van der Waals surface area contributed by atoms with Crippen LogP contribution in [0.4, 0.5) is 9.39 Å². The first kappa shape index (κ1) is 15.7. The van der Waals surface area contributed by atoms with E-state index in [0.717, 1.165) is 4.88 Å². The molecular formula is C14H11BrFNO3S. The molecule has 2 aromatic rings. The zero-order chi connectivity index (χ0) is 15.7. The van der Waals surface area contributed by atoms with Crippen LogP contribution in [0.15, 0.2) is 22.7 Å². The topological polar surface area (TPSA) is 66.4 Å². The Kier molecular flexibility index (Phi) is 4.43. The van der Waals surface area contributed by atoms with Crippen molar-refractivity contribution in [3.63, 3.8) is 0 Å². The summed E-state index contributed by atoms with van der Waals surface area (Å²) >= 11 is 4.31. The third kappa shape index (κ3) is 3.14. The summed E-state index contributed by atoms with van der Waals surface area (Å²) in [6, 6.07) is 3.68. The highest BCUT2D eigenvalue weighted by atomic mass is 79.9. The molecule has 1 aromatic carbocycles. The predicted molar refractivity (Wildman–Crippen MR) is 82.8 cm³/mol. The fourth-order valence-electron chi connectivity index (χ4n) is 1.82. The molecule has 0 spiro atoms. The molecular weight excluding hydrogens is 361 g/mol. The summed E-state index contributed by atoms with van der Waals surface area (Å²) in [5.74, 6) is -2.05. The summed E-state index contributed by atoms with van der Waals surface area (Å²) in [4.78, 5) is 24.3. The molecule has 1 aromatic heterocycles. The second-order valence-corrected chi connectivity index (χ2v) is 6.45. The van der Waals surface area contributed by atoms with Gasteiger partial charge < -0.3 is 10.4 Å². The summed E-state index contributed by atoms with van der Waals surface area (Å²) in [5.41, 5.74) is 0.946. The molecule has 0 saturated carbocycles. The third-order valence-corrected chi connectivity index (χ3v) is 4.78. The van der Waals surface area contributed by atoms with Crippen LogP contribution in [0.1, 0.15) is 31.2 Å². The van der Waals surface area contributed by atoms with Gasteiger partial charge >= 0.3 is 5.97 Å². The number of hydrogen-bond donors (Lipinski definition) is 2. The van der Waals surface area contributed by atoms with Crippen molar-refractivity contribution < 1.29 is 19.1 Å². The van der Waals surface area contributed by atoms with E-state index in [2.05, 4.69) is 21.2 Å². The van der Waals surface area contributed by atoms with Crippen molar-refractivity contribution in [3.05, 3.63) is 50.1 Å². The van der Waals surface area contributed by atoms with Crippen molar-refractivity contribution in [1.82, 2.24) is 0 Å². The Morgan fingerprint density at radius 2 is 2.00 bits per heavy atom. The van der Waals surface area contributed by atoms with Gasteiger partial charge in [-0.1, -0.05) is 0 Å². The number of carbonyl (C=O) groups excluding carboxylic acids is 1. The Morgan fingerprint density at radius 3 is 2.57 bits per heavy atom. The van der Waals surface area contributed by atoms with Crippen molar-refractivity contribution in [2.45, 2.75) is 13.8 Å². The van der Waals surface area contributed by atoms with Gasteiger partial charge in [-0.15, -0.1) is 11.3 Å². The van der Waals surface area contributed by atoms with Gasteiger partial charge in [-0.25, -0.2) is 9.18 Å². The van der Waals surface area contributed by atoms with Crippen LogP contribution in [-0.2, 0) is 0 Å². The zero-order valence-corrected chi connectivity index (χ0v) is 13.6. The molecule has 2 rings (SSSR count). The molecule has 110 valence electrons. The van der Waals surface area contributed by atoms with Gasteiger partial charge in [-0.2, -0.15) is 0 Å². The van der Waals surface area contributed by atoms with Gasteiger partial charge in [0.25, 0.3) is 5.91 Å². The molecule has 7 heteroatoms. The Labute approximate surface area is 132 Å². The Hall–Kier alpha value is -1.73. The maximum atomic E-state index is 13.0. The molecule has 21 heavy (non-hydrogen) atoms. The summed E-state index contributed by atoms with van der Waals surface area (Å²) in [6.45, 7) is 3.48. The minimum Gasteiger partial charge on any atom is -0.478 e. The first-order chi connectivity index (χ1) is 9.81. The minimum absolute atomic E-state index is 0.0871. The number of aryl methyl sites for hydroxylation is 1. The lowest BCUT2D eigenvalue weighted by atomic mass is 10.1. The number of benzene rings is 1. The maximum absolute atomic E-state index is 13.0. The Bertz CT molecular complexity index is 742. The van der Waals surface area contributed by atoms with Crippen LogP contribution in [0, 0.1) is 19.7 Å². The second kappa shape index (κ2) is 5.95. The van der Waals surface area contributed by atoms with Crippen molar-refractivity contribution >= 4 is 44.1 Å². The van der Waals surface area contributed by atoms with Gasteiger partial charge in [0, 0.05) is 9.35 Å². The van der Waals surface area contributed by atoms with E-state index in [1.54, 1.807) is 13.8 Å². The molecule has 0 fully saturated rings. The van der Waals surface area contributed by atoms with E-state index >= 15 is 0 Å². The average Bonchev–Trinajstić information content (AvgIpc) is 2.64. The number of carbonyl (C=O) groups is 2. The smallest absolute Gasteiger partial charge is 0.338 e. The molecule has 0 aliphatic rings. The maximum Gasteiger partial charge on any atom is 0.338 e. The molecule has 1 heterocycles. The van der Waals surface area contributed by atoms with Crippen molar-refractivity contribution in [3.8, 4) is 0 Å². The number of aromatic carboxylic acids is 1. The van der Waals surface area contributed by atoms with Gasteiger partial charge in [0.05, 0.1) is 11.1 Å². The monoisotopic (exact) mass is 371 g/mol. The van der Waals surface area contributed by atoms with Gasteiger partial charge in [0.2, 0.25) is 0 Å². The van der Waals surface area contributed by atoms with E-state index in [4.69, 9.17) is 0 Å². The Balaban J connectivity index is 2.36. The SMILES string of the molecule is Cc1sc(NC(=O)c2ccc(F)cc2Br)c(C(=O)O)c1C. The quantitative estimate of drug-likeness (QED) is 0.848. The number of hydrogen-bond acceptors (Lipinski definition) is 3. The molecule has 0 atom stereocenters. The molecule has 0 radical (unpaired) electrons. The summed E-state index contributed by atoms with van der Waals surface area (Å²) in [6.07, 6.45) is 0. The van der Waals surface area contributed by atoms with E-state index in [0.29, 0.717) is 10.0 Å². The highest BCUT2D eigenvalue weighted by Crippen LogP contribution is 2.33. The number of nitrogens with one attached hydrogen (secondary N) is 1. The van der Waals surface area contributed by atoms with E-state index in [-0.39, 0.29) is 16.1 Å². The lowest BCUT2D eigenvalue weighted by molar-refractivity contribution is 0.0697. The molecule has 2 N–H and O–H groups in total. The normalized spacial score (nSPS) is 10.5. The molecule has 0 aliphatic heterocycles. The fraction of sp³-hybridized carbons (Fsp3) is 0.143. The molecule has 0 unspecified atom stereocenters. The number of amides is 1. The van der Waals surface area contributed by atoms with Crippen LogP contribution in [0.2, 0.25) is 0 Å².